The molecule has 0 aliphatic carbocycles. The van der Waals surface area contributed by atoms with Crippen LogP contribution in [0, 0.1) is 6.92 Å². The van der Waals surface area contributed by atoms with Crippen molar-refractivity contribution in [3.8, 4) is 5.75 Å². The summed E-state index contributed by atoms with van der Waals surface area (Å²) >= 11 is 12.2. The number of ether oxygens (including phenoxy) is 1. The number of sulfonamides is 1. The molecule has 0 bridgehead atoms. The first-order chi connectivity index (χ1) is 15.6. The molecule has 9 heteroatoms. The highest BCUT2D eigenvalue weighted by Crippen LogP contribution is 2.30. The number of nitrogens with one attached hydrogen (secondary N) is 1. The molecule has 174 valence electrons. The Morgan fingerprint density at radius 3 is 2.24 bits per heavy atom. The third-order valence-corrected chi connectivity index (χ3v) is 7.24. The van der Waals surface area contributed by atoms with Gasteiger partial charge in [0.25, 0.3) is 10.0 Å². The van der Waals surface area contributed by atoms with Crippen LogP contribution in [0.25, 0.3) is 0 Å². The van der Waals surface area contributed by atoms with Gasteiger partial charge in [-0.25, -0.2) is 8.42 Å². The summed E-state index contributed by atoms with van der Waals surface area (Å²) in [6, 6.07) is 17.7. The van der Waals surface area contributed by atoms with Gasteiger partial charge < -0.3 is 10.1 Å². The fraction of sp³-hybridized carbons (Fsp3) is 0.208. The molecule has 0 spiro atoms. The Balaban J connectivity index is 1.94. The van der Waals surface area contributed by atoms with Gasteiger partial charge in [-0.15, -0.1) is 0 Å². The van der Waals surface area contributed by atoms with Gasteiger partial charge in [0.05, 0.1) is 23.7 Å². The predicted molar refractivity (Wildman–Crippen MR) is 132 cm³/mol. The molecule has 3 aromatic rings. The van der Waals surface area contributed by atoms with E-state index in [9.17, 15) is 13.2 Å². The normalized spacial score (nSPS) is 12.2. The lowest BCUT2D eigenvalue weighted by Crippen LogP contribution is -2.41. The molecule has 0 fully saturated rings. The highest BCUT2D eigenvalue weighted by molar-refractivity contribution is 7.92. The molecule has 1 amide bonds. The molecule has 3 aromatic carbocycles. The maximum absolute atomic E-state index is 13.5. The molecule has 1 N–H and O–H groups in total. The van der Waals surface area contributed by atoms with Gasteiger partial charge in [-0.3, -0.25) is 9.10 Å². The van der Waals surface area contributed by atoms with Crippen LogP contribution >= 0.6 is 23.2 Å². The van der Waals surface area contributed by atoms with Gasteiger partial charge in [0.15, 0.2) is 0 Å². The number of rotatable bonds is 8. The summed E-state index contributed by atoms with van der Waals surface area (Å²) in [5.74, 6) is 0.122. The van der Waals surface area contributed by atoms with Crippen LogP contribution in [-0.4, -0.2) is 28.0 Å². The van der Waals surface area contributed by atoms with E-state index in [2.05, 4.69) is 5.32 Å². The zero-order valence-corrected chi connectivity index (χ0v) is 20.7. The molecule has 0 saturated carbocycles. The van der Waals surface area contributed by atoms with E-state index in [-0.39, 0.29) is 20.6 Å². The Morgan fingerprint density at radius 1 is 1.03 bits per heavy atom. The second kappa shape index (κ2) is 10.5. The molecule has 0 aromatic heterocycles. The van der Waals surface area contributed by atoms with Crippen LogP contribution in [0.1, 0.15) is 24.1 Å². The molecule has 3 rings (SSSR count). The molecule has 0 aliphatic heterocycles. The number of carbonyl (C=O) groups is 1. The van der Waals surface area contributed by atoms with Crippen molar-refractivity contribution >= 4 is 44.8 Å². The van der Waals surface area contributed by atoms with Crippen LogP contribution in [0.15, 0.2) is 71.6 Å². The maximum atomic E-state index is 13.5. The Hall–Kier alpha value is -2.74. The fourth-order valence-corrected chi connectivity index (χ4v) is 5.27. The van der Waals surface area contributed by atoms with Gasteiger partial charge in [-0.1, -0.05) is 59.1 Å². The number of para-hydroxylation sites is 1. The quantitative estimate of drug-likeness (QED) is 0.444. The van der Waals surface area contributed by atoms with Crippen molar-refractivity contribution in [2.45, 2.75) is 24.8 Å². The van der Waals surface area contributed by atoms with Gasteiger partial charge in [0, 0.05) is 15.6 Å². The third kappa shape index (κ3) is 5.99. The molecule has 33 heavy (non-hydrogen) atoms. The summed E-state index contributed by atoms with van der Waals surface area (Å²) in [4.78, 5) is 13.0. The number of methoxy groups -OCH3 is 1. The van der Waals surface area contributed by atoms with E-state index in [0.29, 0.717) is 5.75 Å². The number of hydrogen-bond donors (Lipinski definition) is 1. The third-order valence-electron chi connectivity index (χ3n) is 5.01. The zero-order chi connectivity index (χ0) is 24.2. The molecule has 0 saturated heterocycles. The predicted octanol–water partition coefficient (Wildman–Crippen LogP) is 5.38. The zero-order valence-electron chi connectivity index (χ0n) is 18.4. The van der Waals surface area contributed by atoms with E-state index in [1.807, 2.05) is 25.1 Å². The number of amides is 1. The monoisotopic (exact) mass is 506 g/mol. The minimum atomic E-state index is -4.08. The summed E-state index contributed by atoms with van der Waals surface area (Å²) in [6.07, 6.45) is 0. The van der Waals surface area contributed by atoms with Gasteiger partial charge >= 0.3 is 0 Å². The SMILES string of the molecule is COc1ccccc1[C@H](C)NC(=O)CN(c1cc(Cl)cc(Cl)c1)S(=O)(=O)c1ccc(C)cc1. The molecule has 0 radical (unpaired) electrons. The largest absolute Gasteiger partial charge is 0.496 e. The summed E-state index contributed by atoms with van der Waals surface area (Å²) in [7, 11) is -2.53. The van der Waals surface area contributed by atoms with Gasteiger partial charge in [-0.05, 0) is 50.2 Å². The summed E-state index contributed by atoms with van der Waals surface area (Å²) in [5, 5.41) is 3.35. The van der Waals surface area contributed by atoms with E-state index >= 15 is 0 Å². The van der Waals surface area contributed by atoms with Gasteiger partial charge in [0.1, 0.15) is 12.3 Å². The van der Waals surface area contributed by atoms with Crippen molar-refractivity contribution < 1.29 is 17.9 Å². The number of aryl methyl sites for hydroxylation is 1. The molecule has 0 aliphatic rings. The van der Waals surface area contributed by atoms with Crippen LogP contribution in [0.2, 0.25) is 10.0 Å². The number of carbonyl (C=O) groups excluding carboxylic acids is 1. The summed E-state index contributed by atoms with van der Waals surface area (Å²) in [6.45, 7) is 3.19. The number of benzene rings is 3. The second-order valence-electron chi connectivity index (χ2n) is 7.48. The van der Waals surface area contributed by atoms with Gasteiger partial charge in [0.2, 0.25) is 5.91 Å². The first-order valence-electron chi connectivity index (χ1n) is 10.1. The Morgan fingerprint density at radius 2 is 1.64 bits per heavy atom. The van der Waals surface area contributed by atoms with Crippen molar-refractivity contribution in [2.75, 3.05) is 18.0 Å². The molecular formula is C24H24Cl2N2O4S. The number of hydrogen-bond acceptors (Lipinski definition) is 4. The lowest BCUT2D eigenvalue weighted by atomic mass is 10.1. The van der Waals surface area contributed by atoms with E-state index in [0.717, 1.165) is 15.4 Å². The van der Waals surface area contributed by atoms with Crippen molar-refractivity contribution in [1.82, 2.24) is 5.32 Å². The number of nitrogens with zero attached hydrogens (tertiary/aromatic N) is 1. The number of halogens is 2. The minimum Gasteiger partial charge on any atom is -0.496 e. The second-order valence-corrected chi connectivity index (χ2v) is 10.2. The standard InChI is InChI=1S/C24H24Cl2N2O4S/c1-16-8-10-21(11-9-16)33(30,31)28(20-13-18(25)12-19(26)14-20)15-24(29)27-17(2)22-6-4-5-7-23(22)32-3/h4-14,17H,15H2,1-3H3,(H,27,29)/t17-/m0/s1. The van der Waals surface area contributed by atoms with Crippen molar-refractivity contribution in [1.29, 1.82) is 0 Å². The highest BCUT2D eigenvalue weighted by Gasteiger charge is 2.28. The molecular weight excluding hydrogens is 483 g/mol. The van der Waals surface area contributed by atoms with Crippen molar-refractivity contribution in [3.63, 3.8) is 0 Å². The van der Waals surface area contributed by atoms with Gasteiger partial charge in [-0.2, -0.15) is 0 Å². The van der Waals surface area contributed by atoms with Crippen molar-refractivity contribution in [2.24, 2.45) is 0 Å². The Bertz CT molecular complexity index is 1230. The Kier molecular flexibility index (Phi) is 7.89. The minimum absolute atomic E-state index is 0.0507. The smallest absolute Gasteiger partial charge is 0.264 e. The number of anilines is 1. The van der Waals surface area contributed by atoms with E-state index in [4.69, 9.17) is 27.9 Å². The maximum Gasteiger partial charge on any atom is 0.264 e. The van der Waals surface area contributed by atoms with Crippen LogP contribution in [0.4, 0.5) is 5.69 Å². The Labute approximate surface area is 204 Å². The lowest BCUT2D eigenvalue weighted by Gasteiger charge is -2.26. The first kappa shape index (κ1) is 24.9. The molecule has 0 heterocycles. The average molecular weight is 507 g/mol. The highest BCUT2D eigenvalue weighted by atomic mass is 35.5. The van der Waals surface area contributed by atoms with E-state index in [1.54, 1.807) is 32.2 Å². The van der Waals surface area contributed by atoms with Crippen LogP contribution < -0.4 is 14.4 Å². The van der Waals surface area contributed by atoms with Crippen LogP contribution in [-0.2, 0) is 14.8 Å². The van der Waals surface area contributed by atoms with E-state index in [1.165, 1.54) is 30.3 Å². The lowest BCUT2D eigenvalue weighted by molar-refractivity contribution is -0.120. The van der Waals surface area contributed by atoms with Crippen LogP contribution in [0.3, 0.4) is 0 Å². The van der Waals surface area contributed by atoms with Crippen molar-refractivity contribution in [3.05, 3.63) is 87.9 Å². The molecule has 6 nitrogen and oxygen atoms in total. The summed E-state index contributed by atoms with van der Waals surface area (Å²) < 4.78 is 33.4. The topological polar surface area (TPSA) is 75.7 Å². The fourth-order valence-electron chi connectivity index (χ4n) is 3.36. The first-order valence-corrected chi connectivity index (χ1v) is 12.3. The van der Waals surface area contributed by atoms with E-state index < -0.39 is 28.5 Å². The molecule has 0 unspecified atom stereocenters. The van der Waals surface area contributed by atoms with Crippen LogP contribution in [0.5, 0.6) is 5.75 Å². The average Bonchev–Trinajstić information content (AvgIpc) is 2.76. The summed E-state index contributed by atoms with van der Waals surface area (Å²) in [5.41, 5.74) is 1.87. The molecule has 1 atom stereocenters.